The molecule has 10 heteroatoms. The Bertz CT molecular complexity index is 1020. The summed E-state index contributed by atoms with van der Waals surface area (Å²) in [5, 5.41) is 38.3. The van der Waals surface area contributed by atoms with Crippen molar-refractivity contribution in [1.29, 1.82) is 0 Å². The number of nitrogens with zero attached hydrogens (tertiary/aromatic N) is 4. The van der Waals surface area contributed by atoms with Crippen LogP contribution in [0.3, 0.4) is 0 Å². The number of fused-ring (bicyclic) bond motifs is 1. The third-order valence-electron chi connectivity index (χ3n) is 4.85. The number of carbonyl (C=O) groups excluding carboxylic acids is 1. The van der Waals surface area contributed by atoms with Gasteiger partial charge in [0.1, 0.15) is 36.6 Å². The summed E-state index contributed by atoms with van der Waals surface area (Å²) in [5.41, 5.74) is 0.596. The number of aliphatic hydroxyl groups excluding tert-OH is 3. The first kappa shape index (κ1) is 19.5. The fourth-order valence-corrected chi connectivity index (χ4v) is 3.02. The van der Waals surface area contributed by atoms with Gasteiger partial charge in [0.2, 0.25) is 0 Å². The van der Waals surface area contributed by atoms with Crippen LogP contribution in [0.25, 0.3) is 11.0 Å². The third kappa shape index (κ3) is 3.73. The average molecular weight is 399 g/mol. The van der Waals surface area contributed by atoms with Crippen molar-refractivity contribution in [3.8, 4) is 11.8 Å². The lowest BCUT2D eigenvalue weighted by molar-refractivity contribution is -0.112. The molecule has 0 unspecified atom stereocenters. The van der Waals surface area contributed by atoms with Gasteiger partial charge >= 0.3 is 0 Å². The van der Waals surface area contributed by atoms with E-state index in [4.69, 9.17) is 4.74 Å². The third-order valence-corrected chi connectivity index (χ3v) is 4.85. The lowest BCUT2D eigenvalue weighted by atomic mass is 10.1. The summed E-state index contributed by atoms with van der Waals surface area (Å²) in [6.45, 7) is 5.15. The van der Waals surface area contributed by atoms with Crippen molar-refractivity contribution in [2.75, 3.05) is 5.32 Å². The van der Waals surface area contributed by atoms with Gasteiger partial charge in [0, 0.05) is 11.5 Å². The first-order chi connectivity index (χ1) is 13.9. The molecule has 1 saturated carbocycles. The molecule has 1 saturated heterocycles. The minimum absolute atomic E-state index is 0.231. The predicted molar refractivity (Wildman–Crippen MR) is 101 cm³/mol. The van der Waals surface area contributed by atoms with Gasteiger partial charge in [0.25, 0.3) is 5.91 Å². The first-order valence-corrected chi connectivity index (χ1v) is 9.22. The Morgan fingerprint density at radius 3 is 2.83 bits per heavy atom. The van der Waals surface area contributed by atoms with Crippen molar-refractivity contribution in [3.05, 3.63) is 24.7 Å². The van der Waals surface area contributed by atoms with Crippen molar-refractivity contribution < 1.29 is 24.9 Å². The van der Waals surface area contributed by atoms with Crippen molar-refractivity contribution >= 4 is 22.8 Å². The quantitative estimate of drug-likeness (QED) is 0.407. The second-order valence-corrected chi connectivity index (χ2v) is 7.26. The van der Waals surface area contributed by atoms with Crippen LogP contribution >= 0.6 is 0 Å². The molecule has 4 N–H and O–H groups in total. The van der Waals surface area contributed by atoms with Crippen molar-refractivity contribution in [1.82, 2.24) is 19.7 Å². The van der Waals surface area contributed by atoms with Crippen LogP contribution in [0, 0.1) is 17.8 Å². The summed E-state index contributed by atoms with van der Waals surface area (Å²) in [7, 11) is 0. The van der Waals surface area contributed by atoms with E-state index in [0.29, 0.717) is 11.0 Å². The molecule has 1 amide bonds. The summed E-state index contributed by atoms with van der Waals surface area (Å²) in [6.07, 6.45) is -1.48. The number of ether oxygens (including phenoxy) is 1. The molecule has 29 heavy (non-hydrogen) atoms. The molecule has 152 valence electrons. The van der Waals surface area contributed by atoms with Crippen molar-refractivity contribution in [3.63, 3.8) is 0 Å². The maximum atomic E-state index is 11.9. The standard InChI is InChI=1S/C19H21N5O5/c1-9(2)18(28)23-16-11-7-22-24(17(11)21-8-20-16)19-14(27)13(26)15(29-19)12(25)6-5-10-3-4-10/h7-8,10,12-15,19,25-27H,1,3-4H2,2H3,(H,20,21,23,28)/t12-,13+,14-,15-,19-/m1/s1. The zero-order valence-corrected chi connectivity index (χ0v) is 15.7. The second kappa shape index (κ2) is 7.53. The number of aliphatic hydroxyl groups is 3. The van der Waals surface area contributed by atoms with Crippen LogP contribution < -0.4 is 5.32 Å². The van der Waals surface area contributed by atoms with Gasteiger partial charge in [-0.1, -0.05) is 18.4 Å². The first-order valence-electron chi connectivity index (χ1n) is 9.22. The van der Waals surface area contributed by atoms with Gasteiger partial charge in [-0.15, -0.1) is 0 Å². The lowest BCUT2D eigenvalue weighted by Gasteiger charge is -2.16. The minimum atomic E-state index is -1.36. The van der Waals surface area contributed by atoms with Crippen molar-refractivity contribution in [2.45, 2.75) is 50.4 Å². The van der Waals surface area contributed by atoms with E-state index in [9.17, 15) is 20.1 Å². The Morgan fingerprint density at radius 2 is 2.14 bits per heavy atom. The topological polar surface area (TPSA) is 143 Å². The van der Waals surface area contributed by atoms with Crippen LogP contribution in [-0.4, -0.2) is 65.4 Å². The maximum absolute atomic E-state index is 11.9. The summed E-state index contributed by atoms with van der Waals surface area (Å²) < 4.78 is 6.98. The van der Waals surface area contributed by atoms with E-state index in [1.807, 2.05) is 0 Å². The summed E-state index contributed by atoms with van der Waals surface area (Å²) in [5.74, 6) is 5.71. The molecule has 1 aliphatic heterocycles. The van der Waals surface area contributed by atoms with E-state index in [2.05, 4.69) is 38.8 Å². The zero-order valence-electron chi connectivity index (χ0n) is 15.7. The van der Waals surface area contributed by atoms with Crippen LogP contribution in [0.2, 0.25) is 0 Å². The van der Waals surface area contributed by atoms with Crippen LogP contribution in [0.15, 0.2) is 24.7 Å². The smallest absolute Gasteiger partial charge is 0.251 e. The number of rotatable bonds is 4. The van der Waals surface area contributed by atoms with E-state index < -0.39 is 36.6 Å². The average Bonchev–Trinajstić information content (AvgIpc) is 3.36. The van der Waals surface area contributed by atoms with E-state index in [0.717, 1.165) is 12.8 Å². The Kier molecular flexibility index (Phi) is 5.06. The Balaban J connectivity index is 1.60. The largest absolute Gasteiger partial charge is 0.387 e. The maximum Gasteiger partial charge on any atom is 0.251 e. The van der Waals surface area contributed by atoms with E-state index >= 15 is 0 Å². The SMILES string of the molecule is C=C(C)C(=O)Nc1ncnc2c1cnn2[C@@H]1O[C@H]([C@H](O)C#CC2CC2)[C@@H](O)[C@H]1O. The van der Waals surface area contributed by atoms with Crippen LogP contribution in [-0.2, 0) is 9.53 Å². The number of hydrogen-bond donors (Lipinski definition) is 4. The van der Waals surface area contributed by atoms with Gasteiger partial charge in [0.15, 0.2) is 11.9 Å². The van der Waals surface area contributed by atoms with Gasteiger partial charge in [-0.2, -0.15) is 5.10 Å². The monoisotopic (exact) mass is 399 g/mol. The molecular weight excluding hydrogens is 378 g/mol. The fourth-order valence-electron chi connectivity index (χ4n) is 3.02. The predicted octanol–water partition coefficient (Wildman–Crippen LogP) is -0.266. The summed E-state index contributed by atoms with van der Waals surface area (Å²) in [4.78, 5) is 20.1. The van der Waals surface area contributed by atoms with Gasteiger partial charge < -0.3 is 25.4 Å². The van der Waals surface area contributed by atoms with Gasteiger partial charge in [-0.3, -0.25) is 4.79 Å². The number of hydrogen-bond acceptors (Lipinski definition) is 8. The molecule has 0 aromatic carbocycles. The normalized spacial score (nSPS) is 27.3. The number of nitrogens with one attached hydrogen (secondary N) is 1. The highest BCUT2D eigenvalue weighted by molar-refractivity contribution is 6.06. The van der Waals surface area contributed by atoms with E-state index in [-0.39, 0.29) is 17.4 Å². The highest BCUT2D eigenvalue weighted by Gasteiger charge is 2.47. The molecule has 5 atom stereocenters. The van der Waals surface area contributed by atoms with Gasteiger partial charge in [0.05, 0.1) is 11.6 Å². The number of carbonyl (C=O) groups is 1. The molecule has 10 nitrogen and oxygen atoms in total. The van der Waals surface area contributed by atoms with Crippen molar-refractivity contribution in [2.24, 2.45) is 5.92 Å². The summed E-state index contributed by atoms with van der Waals surface area (Å²) in [6, 6.07) is 0. The second-order valence-electron chi connectivity index (χ2n) is 7.26. The molecule has 4 rings (SSSR count). The molecule has 1 aliphatic carbocycles. The van der Waals surface area contributed by atoms with Crippen LogP contribution in [0.4, 0.5) is 5.82 Å². The molecule has 3 heterocycles. The fraction of sp³-hybridized carbons (Fsp3) is 0.474. The van der Waals surface area contributed by atoms with Gasteiger partial charge in [-0.05, 0) is 19.8 Å². The highest BCUT2D eigenvalue weighted by Crippen LogP contribution is 2.33. The van der Waals surface area contributed by atoms with Crippen LogP contribution in [0.5, 0.6) is 0 Å². The summed E-state index contributed by atoms with van der Waals surface area (Å²) >= 11 is 0. The molecular formula is C19H21N5O5. The highest BCUT2D eigenvalue weighted by atomic mass is 16.6. The Hall–Kier alpha value is -2.84. The minimum Gasteiger partial charge on any atom is -0.387 e. The molecule has 0 radical (unpaired) electrons. The molecule has 2 aromatic heterocycles. The molecule has 2 fully saturated rings. The van der Waals surface area contributed by atoms with E-state index in [1.165, 1.54) is 17.2 Å². The van der Waals surface area contributed by atoms with E-state index in [1.54, 1.807) is 6.92 Å². The van der Waals surface area contributed by atoms with Gasteiger partial charge in [-0.25, -0.2) is 14.6 Å². The number of anilines is 1. The molecule has 2 aromatic rings. The Morgan fingerprint density at radius 1 is 1.38 bits per heavy atom. The number of amides is 1. The molecule has 0 bridgehead atoms. The molecule has 2 aliphatic rings. The number of aromatic nitrogens is 4. The lowest BCUT2D eigenvalue weighted by Crippen LogP contribution is -2.38. The molecule has 0 spiro atoms. The Labute approximate surface area is 166 Å². The van der Waals surface area contributed by atoms with Crippen LogP contribution in [0.1, 0.15) is 26.0 Å². The zero-order chi connectivity index (χ0) is 20.7.